The number of carbonyl (C=O) groups is 2. The Labute approximate surface area is 175 Å². The van der Waals surface area contributed by atoms with Crippen LogP contribution in [0.3, 0.4) is 0 Å². The number of halogens is 1. The van der Waals surface area contributed by atoms with E-state index >= 15 is 0 Å². The Kier molecular flexibility index (Phi) is 4.32. The van der Waals surface area contributed by atoms with Gasteiger partial charge in [0.15, 0.2) is 12.1 Å². The summed E-state index contributed by atoms with van der Waals surface area (Å²) in [5.74, 6) is -0.218. The molecule has 0 bridgehead atoms. The number of fused-ring (bicyclic) bond motifs is 1. The van der Waals surface area contributed by atoms with E-state index in [1.165, 1.54) is 5.01 Å². The van der Waals surface area contributed by atoms with E-state index in [0.29, 0.717) is 22.1 Å². The lowest BCUT2D eigenvalue weighted by molar-refractivity contribution is -0.123. The Bertz CT molecular complexity index is 1180. The van der Waals surface area contributed by atoms with Crippen LogP contribution < -0.4 is 4.90 Å². The highest BCUT2D eigenvalue weighted by Gasteiger charge is 2.55. The van der Waals surface area contributed by atoms with E-state index in [4.69, 9.17) is 16.1 Å². The molecule has 2 atom stereocenters. The van der Waals surface area contributed by atoms with Gasteiger partial charge in [0.1, 0.15) is 6.54 Å². The molecule has 0 N–H and O–H groups in total. The molecule has 30 heavy (non-hydrogen) atoms. The van der Waals surface area contributed by atoms with Gasteiger partial charge in [-0.3, -0.25) is 14.6 Å². The number of imide groups is 1. The summed E-state index contributed by atoms with van der Waals surface area (Å²) in [6.07, 6.45) is 0. The number of rotatable bonds is 4. The first-order valence-corrected chi connectivity index (χ1v) is 9.60. The Morgan fingerprint density at radius 2 is 1.83 bits per heavy atom. The average molecular weight is 423 g/mol. The second kappa shape index (κ2) is 7.03. The van der Waals surface area contributed by atoms with Gasteiger partial charge in [-0.2, -0.15) is 10.1 Å². The van der Waals surface area contributed by atoms with Crippen molar-refractivity contribution in [3.05, 3.63) is 65.0 Å². The molecule has 150 valence electrons. The lowest BCUT2D eigenvalue weighted by Crippen LogP contribution is -2.39. The largest absolute Gasteiger partial charge is 0.337 e. The lowest BCUT2D eigenvalue weighted by atomic mass is 10.1. The fourth-order valence-electron chi connectivity index (χ4n) is 3.51. The number of hydrogen-bond donors (Lipinski definition) is 0. The molecule has 2 amide bonds. The van der Waals surface area contributed by atoms with E-state index in [1.54, 1.807) is 30.3 Å². The van der Waals surface area contributed by atoms with Gasteiger partial charge < -0.3 is 4.52 Å². The predicted molar refractivity (Wildman–Crippen MR) is 106 cm³/mol. The summed E-state index contributed by atoms with van der Waals surface area (Å²) in [7, 11) is 0. The Hall–Kier alpha value is -3.59. The highest BCUT2D eigenvalue weighted by atomic mass is 35.5. The molecule has 5 rings (SSSR count). The molecule has 0 spiro atoms. The van der Waals surface area contributed by atoms with Gasteiger partial charge in [0.05, 0.1) is 10.7 Å². The molecule has 1 saturated heterocycles. The number of aromatic nitrogens is 2. The van der Waals surface area contributed by atoms with Crippen molar-refractivity contribution in [3.8, 4) is 11.4 Å². The van der Waals surface area contributed by atoms with Crippen LogP contribution in [0.2, 0.25) is 5.02 Å². The molecule has 2 aliphatic rings. The van der Waals surface area contributed by atoms with Crippen molar-refractivity contribution in [2.24, 2.45) is 10.3 Å². The Morgan fingerprint density at radius 3 is 2.60 bits per heavy atom. The molecule has 9 nitrogen and oxygen atoms in total. The van der Waals surface area contributed by atoms with Crippen LogP contribution >= 0.6 is 11.6 Å². The van der Waals surface area contributed by atoms with Crippen LogP contribution in [-0.4, -0.2) is 39.0 Å². The monoisotopic (exact) mass is 422 g/mol. The van der Waals surface area contributed by atoms with Crippen molar-refractivity contribution >= 4 is 29.1 Å². The zero-order valence-electron chi connectivity index (χ0n) is 15.8. The molecular weight excluding hydrogens is 408 g/mol. The van der Waals surface area contributed by atoms with Crippen LogP contribution in [0.5, 0.6) is 0 Å². The standard InChI is InChI=1S/C20H15ClN6O3/c1-11-6-8-12(9-7-11)27-19(28)16-17(20(27)29)26(25-23-16)10-15-22-18(24-30-15)13-4-2-3-5-14(13)21/h2-9,16-17H,10H2,1H3/t16-,17+/m1/s1. The second-order valence-corrected chi connectivity index (χ2v) is 7.44. The number of aryl methyl sites for hydroxylation is 1. The zero-order valence-corrected chi connectivity index (χ0v) is 16.5. The average Bonchev–Trinajstić information content (AvgIpc) is 3.42. The number of anilines is 1. The maximum absolute atomic E-state index is 13.0. The highest BCUT2D eigenvalue weighted by Crippen LogP contribution is 2.33. The van der Waals surface area contributed by atoms with Crippen molar-refractivity contribution in [3.63, 3.8) is 0 Å². The van der Waals surface area contributed by atoms with Gasteiger partial charge in [-0.15, -0.1) is 0 Å². The van der Waals surface area contributed by atoms with E-state index in [0.717, 1.165) is 10.5 Å². The molecule has 0 saturated carbocycles. The first kappa shape index (κ1) is 18.4. The summed E-state index contributed by atoms with van der Waals surface area (Å²) in [5, 5.41) is 13.9. The first-order chi connectivity index (χ1) is 14.5. The van der Waals surface area contributed by atoms with Gasteiger partial charge >= 0.3 is 0 Å². The third-order valence-corrected chi connectivity index (χ3v) is 5.36. The van der Waals surface area contributed by atoms with Crippen LogP contribution in [0, 0.1) is 6.92 Å². The van der Waals surface area contributed by atoms with Gasteiger partial charge in [-0.1, -0.05) is 51.8 Å². The summed E-state index contributed by atoms with van der Waals surface area (Å²) in [4.78, 5) is 31.3. The maximum Gasteiger partial charge on any atom is 0.263 e. The Morgan fingerprint density at radius 1 is 1.07 bits per heavy atom. The number of carbonyl (C=O) groups excluding carboxylic acids is 2. The minimum absolute atomic E-state index is 0.0445. The quantitative estimate of drug-likeness (QED) is 0.598. The topological polar surface area (TPSA) is 104 Å². The molecule has 3 aromatic rings. The van der Waals surface area contributed by atoms with Gasteiger partial charge in [-0.25, -0.2) is 4.90 Å². The fourth-order valence-corrected chi connectivity index (χ4v) is 3.73. The smallest absolute Gasteiger partial charge is 0.263 e. The third kappa shape index (κ3) is 2.94. The summed E-state index contributed by atoms with van der Waals surface area (Å²) < 4.78 is 5.30. The van der Waals surface area contributed by atoms with Gasteiger partial charge in [-0.05, 0) is 31.2 Å². The molecule has 2 aliphatic heterocycles. The van der Waals surface area contributed by atoms with Crippen molar-refractivity contribution < 1.29 is 14.1 Å². The van der Waals surface area contributed by atoms with Crippen molar-refractivity contribution in [1.29, 1.82) is 0 Å². The van der Waals surface area contributed by atoms with E-state index in [9.17, 15) is 9.59 Å². The Balaban J connectivity index is 1.37. The minimum Gasteiger partial charge on any atom is -0.337 e. The summed E-state index contributed by atoms with van der Waals surface area (Å²) in [6, 6.07) is 12.6. The van der Waals surface area contributed by atoms with E-state index in [2.05, 4.69) is 20.5 Å². The first-order valence-electron chi connectivity index (χ1n) is 9.22. The van der Waals surface area contributed by atoms with Crippen LogP contribution in [0.1, 0.15) is 11.5 Å². The fraction of sp³-hybridized carbons (Fsp3) is 0.200. The summed E-state index contributed by atoms with van der Waals surface area (Å²) >= 11 is 6.18. The molecular formula is C20H15ClN6O3. The van der Waals surface area contributed by atoms with Crippen LogP contribution in [0.4, 0.5) is 5.69 Å². The number of nitrogens with zero attached hydrogens (tertiary/aromatic N) is 6. The minimum atomic E-state index is -0.884. The summed E-state index contributed by atoms with van der Waals surface area (Å²) in [6.45, 7) is 1.98. The highest BCUT2D eigenvalue weighted by molar-refractivity contribution is 6.33. The molecule has 0 unspecified atom stereocenters. The predicted octanol–water partition coefficient (Wildman–Crippen LogP) is 3.19. The molecule has 1 fully saturated rings. The number of benzene rings is 2. The van der Waals surface area contributed by atoms with Crippen LogP contribution in [0.25, 0.3) is 11.4 Å². The molecule has 0 aliphatic carbocycles. The normalized spacial score (nSPS) is 20.3. The van der Waals surface area contributed by atoms with Gasteiger partial charge in [0.25, 0.3) is 11.8 Å². The van der Waals surface area contributed by atoms with Gasteiger partial charge in [0, 0.05) is 5.56 Å². The third-order valence-electron chi connectivity index (χ3n) is 5.03. The molecule has 3 heterocycles. The van der Waals surface area contributed by atoms with Gasteiger partial charge in [0.2, 0.25) is 11.7 Å². The van der Waals surface area contributed by atoms with Crippen molar-refractivity contribution in [2.75, 3.05) is 4.90 Å². The molecule has 10 heteroatoms. The molecule has 0 radical (unpaired) electrons. The van der Waals surface area contributed by atoms with E-state index in [1.807, 2.05) is 25.1 Å². The molecule has 1 aromatic heterocycles. The summed E-state index contributed by atoms with van der Waals surface area (Å²) in [5.41, 5.74) is 2.18. The second-order valence-electron chi connectivity index (χ2n) is 7.03. The van der Waals surface area contributed by atoms with Crippen molar-refractivity contribution in [1.82, 2.24) is 15.1 Å². The SMILES string of the molecule is Cc1ccc(N2C(=O)[C@@H]3[C@@H](N=NN3Cc3nc(-c4ccccc4Cl)no3)C2=O)cc1. The number of amides is 2. The van der Waals surface area contributed by atoms with Crippen LogP contribution in [-0.2, 0) is 16.1 Å². The molecule has 2 aromatic carbocycles. The zero-order chi connectivity index (χ0) is 20.8. The maximum atomic E-state index is 13.0. The lowest BCUT2D eigenvalue weighted by Gasteiger charge is -2.19. The van der Waals surface area contributed by atoms with E-state index < -0.39 is 18.0 Å². The number of hydrogen-bond acceptors (Lipinski definition) is 8. The van der Waals surface area contributed by atoms with E-state index in [-0.39, 0.29) is 18.3 Å². The van der Waals surface area contributed by atoms with Crippen molar-refractivity contribution in [2.45, 2.75) is 25.6 Å². The van der Waals surface area contributed by atoms with Crippen LogP contribution in [0.15, 0.2) is 63.4 Å².